The van der Waals surface area contributed by atoms with Crippen molar-refractivity contribution in [2.24, 2.45) is 0 Å². The first-order valence-electron chi connectivity index (χ1n) is 9.77. The van der Waals surface area contributed by atoms with Crippen molar-refractivity contribution < 1.29 is 9.53 Å². The molecule has 30 heavy (non-hydrogen) atoms. The monoisotopic (exact) mass is 420 g/mol. The van der Waals surface area contributed by atoms with Crippen molar-refractivity contribution in [2.75, 3.05) is 13.6 Å². The Morgan fingerprint density at radius 3 is 2.97 bits per heavy atom. The molecule has 4 heterocycles. The number of aromatic nitrogens is 3. The molecule has 1 amide bonds. The SMILES string of the molecule is Cc1cc(OC2CCC(=O)N(C)C2)cc2c(=O)[nH]c(-c3cc4ccsc4cn3)nc12. The molecule has 0 radical (unpaired) electrons. The molecule has 1 atom stereocenters. The first-order valence-corrected chi connectivity index (χ1v) is 10.6. The normalized spacial score (nSPS) is 17.1. The lowest BCUT2D eigenvalue weighted by Crippen LogP contribution is -2.42. The summed E-state index contributed by atoms with van der Waals surface area (Å²) in [4.78, 5) is 38.2. The zero-order valence-electron chi connectivity index (χ0n) is 16.6. The van der Waals surface area contributed by atoms with E-state index in [0.717, 1.165) is 15.6 Å². The quantitative estimate of drug-likeness (QED) is 0.548. The van der Waals surface area contributed by atoms with Gasteiger partial charge in [-0.2, -0.15) is 0 Å². The van der Waals surface area contributed by atoms with Crippen molar-refractivity contribution in [3.63, 3.8) is 0 Å². The van der Waals surface area contributed by atoms with Gasteiger partial charge in [-0.3, -0.25) is 14.6 Å². The molecule has 0 aliphatic carbocycles. The number of pyridine rings is 1. The molecule has 1 fully saturated rings. The van der Waals surface area contributed by atoms with Crippen LogP contribution in [0.15, 0.2) is 40.6 Å². The Morgan fingerprint density at radius 2 is 2.13 bits per heavy atom. The molecule has 7 nitrogen and oxygen atoms in total. The number of H-pyrrole nitrogens is 1. The summed E-state index contributed by atoms with van der Waals surface area (Å²) < 4.78 is 7.18. The number of hydrogen-bond donors (Lipinski definition) is 1. The Hall–Kier alpha value is -3.26. The molecule has 1 unspecified atom stereocenters. The van der Waals surface area contributed by atoms with E-state index in [0.29, 0.717) is 47.6 Å². The zero-order chi connectivity index (χ0) is 20.8. The minimum absolute atomic E-state index is 0.0857. The number of fused-ring (bicyclic) bond motifs is 2. The number of ether oxygens (including phenoxy) is 1. The summed E-state index contributed by atoms with van der Waals surface area (Å²) in [6.45, 7) is 2.46. The van der Waals surface area contributed by atoms with Crippen molar-refractivity contribution >= 4 is 38.2 Å². The first-order chi connectivity index (χ1) is 14.5. The average molecular weight is 420 g/mol. The highest BCUT2D eigenvalue weighted by atomic mass is 32.1. The van der Waals surface area contributed by atoms with E-state index in [2.05, 4.69) is 15.0 Å². The van der Waals surface area contributed by atoms with Gasteiger partial charge in [0.1, 0.15) is 17.5 Å². The summed E-state index contributed by atoms with van der Waals surface area (Å²) in [5.41, 5.74) is 1.89. The van der Waals surface area contributed by atoms with E-state index in [-0.39, 0.29) is 17.6 Å². The number of amides is 1. The lowest BCUT2D eigenvalue weighted by Gasteiger charge is -2.30. The van der Waals surface area contributed by atoms with Crippen LogP contribution in [0.4, 0.5) is 0 Å². The third kappa shape index (κ3) is 3.33. The van der Waals surface area contributed by atoms with E-state index in [9.17, 15) is 9.59 Å². The van der Waals surface area contributed by atoms with Gasteiger partial charge in [-0.05, 0) is 53.9 Å². The number of aryl methyl sites for hydroxylation is 1. The Kier molecular flexibility index (Phi) is 4.51. The fraction of sp³-hybridized carbons (Fsp3) is 0.273. The Morgan fingerprint density at radius 1 is 1.27 bits per heavy atom. The van der Waals surface area contributed by atoms with Crippen LogP contribution in [0.3, 0.4) is 0 Å². The molecule has 8 heteroatoms. The average Bonchev–Trinajstić information content (AvgIpc) is 3.19. The van der Waals surface area contributed by atoms with Crippen molar-refractivity contribution in [3.05, 3.63) is 51.8 Å². The number of thiophene rings is 1. The lowest BCUT2D eigenvalue weighted by atomic mass is 10.1. The summed E-state index contributed by atoms with van der Waals surface area (Å²) >= 11 is 1.62. The Balaban J connectivity index is 1.51. The number of rotatable bonds is 3. The molecule has 152 valence electrons. The van der Waals surface area contributed by atoms with Crippen molar-refractivity contribution in [3.8, 4) is 17.3 Å². The topological polar surface area (TPSA) is 88.2 Å². The van der Waals surface area contributed by atoms with Crippen LogP contribution in [0, 0.1) is 6.92 Å². The second-order valence-electron chi connectivity index (χ2n) is 7.63. The van der Waals surface area contributed by atoms with Crippen LogP contribution in [0.1, 0.15) is 18.4 Å². The van der Waals surface area contributed by atoms with E-state index in [4.69, 9.17) is 4.74 Å². The molecule has 1 aliphatic heterocycles. The molecule has 4 aromatic rings. The van der Waals surface area contributed by atoms with Crippen LogP contribution in [0.5, 0.6) is 5.75 Å². The number of likely N-dealkylation sites (tertiary alicyclic amines) is 1. The number of carbonyl (C=O) groups is 1. The molecule has 3 aromatic heterocycles. The highest BCUT2D eigenvalue weighted by Crippen LogP contribution is 2.27. The molecular formula is C22H20N4O3S. The number of carbonyl (C=O) groups excluding carboxylic acids is 1. The molecule has 1 saturated heterocycles. The van der Waals surface area contributed by atoms with Crippen LogP contribution in [0.25, 0.3) is 32.5 Å². The van der Waals surface area contributed by atoms with Gasteiger partial charge in [0.2, 0.25) is 5.91 Å². The molecule has 0 saturated carbocycles. The van der Waals surface area contributed by atoms with Gasteiger partial charge in [0, 0.05) is 19.7 Å². The van der Waals surface area contributed by atoms with Crippen LogP contribution in [0.2, 0.25) is 0 Å². The number of benzene rings is 1. The van der Waals surface area contributed by atoms with Crippen molar-refractivity contribution in [1.82, 2.24) is 19.9 Å². The van der Waals surface area contributed by atoms with E-state index in [1.807, 2.05) is 30.5 Å². The standard InChI is InChI=1S/C22H20N4O3S/c1-12-7-15(29-14-3-4-19(27)26(2)11-14)9-16-20(12)24-21(25-22(16)28)17-8-13-5-6-30-18(13)10-23-17/h5-10,14H,3-4,11H2,1-2H3,(H,24,25,28). The zero-order valence-corrected chi connectivity index (χ0v) is 17.5. The third-order valence-electron chi connectivity index (χ3n) is 5.44. The minimum atomic E-state index is -0.230. The van der Waals surface area contributed by atoms with Gasteiger partial charge in [-0.1, -0.05) is 0 Å². The van der Waals surface area contributed by atoms with E-state index < -0.39 is 0 Å². The maximum Gasteiger partial charge on any atom is 0.259 e. The molecule has 0 spiro atoms. The number of likely N-dealkylation sites (N-methyl/N-ethyl adjacent to an activating group) is 1. The summed E-state index contributed by atoms with van der Waals surface area (Å²) in [5.74, 6) is 1.20. The van der Waals surface area contributed by atoms with Crippen molar-refractivity contribution in [2.45, 2.75) is 25.9 Å². The van der Waals surface area contributed by atoms with Crippen LogP contribution in [-0.2, 0) is 4.79 Å². The van der Waals surface area contributed by atoms with Gasteiger partial charge < -0.3 is 14.6 Å². The van der Waals surface area contributed by atoms with Gasteiger partial charge in [-0.15, -0.1) is 11.3 Å². The smallest absolute Gasteiger partial charge is 0.259 e. The molecule has 0 bridgehead atoms. The lowest BCUT2D eigenvalue weighted by molar-refractivity contribution is -0.134. The number of hydrogen-bond acceptors (Lipinski definition) is 6. The Labute approximate surface area is 176 Å². The number of piperidine rings is 1. The fourth-order valence-electron chi connectivity index (χ4n) is 3.83. The third-order valence-corrected chi connectivity index (χ3v) is 6.31. The van der Waals surface area contributed by atoms with Crippen LogP contribution in [-0.4, -0.2) is 45.5 Å². The highest BCUT2D eigenvalue weighted by molar-refractivity contribution is 7.17. The van der Waals surface area contributed by atoms with Gasteiger partial charge in [0.25, 0.3) is 5.56 Å². The first kappa shape index (κ1) is 18.7. The van der Waals surface area contributed by atoms with E-state index in [1.165, 1.54) is 0 Å². The predicted octanol–water partition coefficient (Wildman–Crippen LogP) is 3.51. The Bertz CT molecular complexity index is 1340. The van der Waals surface area contributed by atoms with Crippen LogP contribution >= 0.6 is 11.3 Å². The summed E-state index contributed by atoms with van der Waals surface area (Å²) in [7, 11) is 1.78. The van der Waals surface area contributed by atoms with Crippen LogP contribution < -0.4 is 10.3 Å². The summed E-state index contributed by atoms with van der Waals surface area (Å²) in [5, 5.41) is 3.56. The highest BCUT2D eigenvalue weighted by Gasteiger charge is 2.24. The number of nitrogens with zero attached hydrogens (tertiary/aromatic N) is 3. The molecule has 5 rings (SSSR count). The molecule has 1 aromatic carbocycles. The molecular weight excluding hydrogens is 400 g/mol. The van der Waals surface area contributed by atoms with Gasteiger partial charge >= 0.3 is 0 Å². The molecule has 1 N–H and O–H groups in total. The number of aromatic amines is 1. The second kappa shape index (κ2) is 7.21. The maximum atomic E-state index is 12.8. The molecule has 1 aliphatic rings. The second-order valence-corrected chi connectivity index (χ2v) is 8.58. The van der Waals surface area contributed by atoms with Gasteiger partial charge in [0.15, 0.2) is 5.82 Å². The maximum absolute atomic E-state index is 12.8. The fourth-order valence-corrected chi connectivity index (χ4v) is 4.57. The van der Waals surface area contributed by atoms with E-state index >= 15 is 0 Å². The summed E-state index contributed by atoms with van der Waals surface area (Å²) in [6.07, 6.45) is 2.86. The largest absolute Gasteiger partial charge is 0.489 e. The predicted molar refractivity (Wildman–Crippen MR) is 117 cm³/mol. The van der Waals surface area contributed by atoms with Crippen molar-refractivity contribution in [1.29, 1.82) is 0 Å². The van der Waals surface area contributed by atoms with Gasteiger partial charge in [-0.25, -0.2) is 4.98 Å². The van der Waals surface area contributed by atoms with E-state index in [1.54, 1.807) is 35.5 Å². The summed E-state index contributed by atoms with van der Waals surface area (Å²) in [6, 6.07) is 7.58. The number of nitrogens with one attached hydrogen (secondary N) is 1. The minimum Gasteiger partial charge on any atom is -0.489 e. The van der Waals surface area contributed by atoms with Gasteiger partial charge in [0.05, 0.1) is 22.1 Å².